The van der Waals surface area contributed by atoms with Crippen molar-refractivity contribution in [3.8, 4) is 0 Å². The first-order chi connectivity index (χ1) is 10.2. The van der Waals surface area contributed by atoms with Crippen LogP contribution < -0.4 is 5.56 Å². The molecule has 0 N–H and O–H groups in total. The lowest BCUT2D eigenvalue weighted by molar-refractivity contribution is 0.583. The van der Waals surface area contributed by atoms with E-state index in [1.54, 1.807) is 28.8 Å². The van der Waals surface area contributed by atoms with Crippen LogP contribution in [-0.4, -0.2) is 25.1 Å². The minimum atomic E-state index is -0.0116. The average Bonchev–Trinajstić information content (AvgIpc) is 3.07. The van der Waals surface area contributed by atoms with Crippen LogP contribution in [0.3, 0.4) is 0 Å². The third-order valence-electron chi connectivity index (χ3n) is 3.93. The number of benzene rings is 1. The van der Waals surface area contributed by atoms with E-state index in [9.17, 15) is 4.79 Å². The van der Waals surface area contributed by atoms with Gasteiger partial charge in [-0.25, -0.2) is 4.98 Å². The second-order valence-corrected chi connectivity index (χ2v) is 6.32. The molecule has 1 aliphatic heterocycles. The van der Waals surface area contributed by atoms with Crippen molar-refractivity contribution < 1.29 is 0 Å². The summed E-state index contributed by atoms with van der Waals surface area (Å²) in [5, 5.41) is 4.68. The van der Waals surface area contributed by atoms with E-state index in [1.807, 2.05) is 11.8 Å². The molecule has 4 rings (SSSR count). The number of hydrogen-bond acceptors (Lipinski definition) is 4. The van der Waals surface area contributed by atoms with Gasteiger partial charge in [0.2, 0.25) is 0 Å². The predicted octanol–water partition coefficient (Wildman–Crippen LogP) is 2.02. The molecule has 0 saturated heterocycles. The summed E-state index contributed by atoms with van der Waals surface area (Å²) in [6.45, 7) is 0.667. The van der Waals surface area contributed by atoms with Crippen LogP contribution in [0.15, 0.2) is 46.5 Å². The highest BCUT2D eigenvalue weighted by Crippen LogP contribution is 2.39. The van der Waals surface area contributed by atoms with Crippen LogP contribution >= 0.6 is 11.8 Å². The standard InChI is InChI=1S/C15H14N4OS/c1-18-14-12(6-17-18)15(20)19(9-16-14)7-10-8-21-13-5-3-2-4-11(10)13/h2-6,9-10H,7-8H2,1H3. The highest BCUT2D eigenvalue weighted by molar-refractivity contribution is 7.99. The largest absolute Gasteiger partial charge is 0.298 e. The molecule has 0 fully saturated rings. The third-order valence-corrected chi connectivity index (χ3v) is 5.19. The maximum absolute atomic E-state index is 12.5. The summed E-state index contributed by atoms with van der Waals surface area (Å²) in [4.78, 5) is 18.2. The van der Waals surface area contributed by atoms with E-state index in [4.69, 9.17) is 0 Å². The molecule has 1 aliphatic rings. The van der Waals surface area contributed by atoms with Gasteiger partial charge in [0.25, 0.3) is 5.56 Å². The summed E-state index contributed by atoms with van der Waals surface area (Å²) < 4.78 is 3.33. The third kappa shape index (κ3) is 1.98. The molecule has 21 heavy (non-hydrogen) atoms. The normalized spacial score (nSPS) is 17.3. The minimum absolute atomic E-state index is 0.0116. The van der Waals surface area contributed by atoms with Crippen molar-refractivity contribution in [3.05, 3.63) is 52.7 Å². The highest BCUT2D eigenvalue weighted by atomic mass is 32.2. The topological polar surface area (TPSA) is 52.7 Å². The van der Waals surface area contributed by atoms with Gasteiger partial charge in [0.15, 0.2) is 5.65 Å². The van der Waals surface area contributed by atoms with Gasteiger partial charge in [0.1, 0.15) is 5.39 Å². The molecular formula is C15H14N4OS. The van der Waals surface area contributed by atoms with Gasteiger partial charge in [-0.3, -0.25) is 14.0 Å². The number of aryl methyl sites for hydroxylation is 1. The van der Waals surface area contributed by atoms with Crippen LogP contribution in [0.1, 0.15) is 11.5 Å². The Morgan fingerprint density at radius 3 is 3.14 bits per heavy atom. The monoisotopic (exact) mass is 298 g/mol. The lowest BCUT2D eigenvalue weighted by atomic mass is 10.0. The van der Waals surface area contributed by atoms with Crippen molar-refractivity contribution in [2.75, 3.05) is 5.75 Å². The number of aromatic nitrogens is 4. The maximum Gasteiger partial charge on any atom is 0.264 e. The van der Waals surface area contributed by atoms with Gasteiger partial charge in [0.05, 0.1) is 12.5 Å². The minimum Gasteiger partial charge on any atom is -0.298 e. The summed E-state index contributed by atoms with van der Waals surface area (Å²) in [6.07, 6.45) is 3.23. The van der Waals surface area contributed by atoms with Crippen LogP contribution in [0.5, 0.6) is 0 Å². The van der Waals surface area contributed by atoms with E-state index in [0.717, 1.165) is 5.75 Å². The Morgan fingerprint density at radius 1 is 1.38 bits per heavy atom. The summed E-state index contributed by atoms with van der Waals surface area (Å²) in [5.41, 5.74) is 1.96. The fourth-order valence-corrected chi connectivity index (χ4v) is 4.06. The number of rotatable bonds is 2. The summed E-state index contributed by atoms with van der Waals surface area (Å²) in [6, 6.07) is 8.42. The van der Waals surface area contributed by atoms with E-state index in [0.29, 0.717) is 23.5 Å². The molecule has 2 aromatic heterocycles. The van der Waals surface area contributed by atoms with Gasteiger partial charge < -0.3 is 0 Å². The highest BCUT2D eigenvalue weighted by Gasteiger charge is 2.23. The summed E-state index contributed by atoms with van der Waals surface area (Å²) in [7, 11) is 1.79. The van der Waals surface area contributed by atoms with E-state index in [1.165, 1.54) is 10.5 Å². The van der Waals surface area contributed by atoms with Crippen LogP contribution in [0.2, 0.25) is 0 Å². The second kappa shape index (κ2) is 4.73. The zero-order valence-electron chi connectivity index (χ0n) is 11.6. The molecule has 1 atom stereocenters. The fraction of sp³-hybridized carbons (Fsp3) is 0.267. The van der Waals surface area contributed by atoms with Gasteiger partial charge in [-0.2, -0.15) is 5.10 Å². The average molecular weight is 298 g/mol. The second-order valence-electron chi connectivity index (χ2n) is 5.25. The smallest absolute Gasteiger partial charge is 0.264 e. The molecule has 106 valence electrons. The molecule has 1 aromatic carbocycles. The Labute approximate surface area is 125 Å². The fourth-order valence-electron chi connectivity index (χ4n) is 2.81. The molecule has 5 nitrogen and oxygen atoms in total. The molecule has 0 spiro atoms. The maximum atomic E-state index is 12.5. The van der Waals surface area contributed by atoms with Crippen LogP contribution in [-0.2, 0) is 13.6 Å². The lowest BCUT2D eigenvalue weighted by Gasteiger charge is -2.12. The Kier molecular flexibility index (Phi) is 2.85. The molecule has 0 aliphatic carbocycles. The Hall–Kier alpha value is -2.08. The first kappa shape index (κ1) is 12.6. The zero-order valence-corrected chi connectivity index (χ0v) is 12.4. The molecule has 3 aromatic rings. The molecule has 0 bridgehead atoms. The molecule has 1 unspecified atom stereocenters. The molecule has 0 saturated carbocycles. The Balaban J connectivity index is 1.73. The van der Waals surface area contributed by atoms with Crippen molar-refractivity contribution in [1.82, 2.24) is 19.3 Å². The van der Waals surface area contributed by atoms with Crippen molar-refractivity contribution in [3.63, 3.8) is 0 Å². The summed E-state index contributed by atoms with van der Waals surface area (Å²) in [5.74, 6) is 1.37. The number of hydrogen-bond donors (Lipinski definition) is 0. The van der Waals surface area contributed by atoms with Gasteiger partial charge >= 0.3 is 0 Å². The van der Waals surface area contributed by atoms with E-state index < -0.39 is 0 Å². The summed E-state index contributed by atoms with van der Waals surface area (Å²) >= 11 is 1.86. The van der Waals surface area contributed by atoms with Gasteiger partial charge in [-0.05, 0) is 11.6 Å². The van der Waals surface area contributed by atoms with Crippen LogP contribution in [0.25, 0.3) is 11.0 Å². The van der Waals surface area contributed by atoms with E-state index in [2.05, 4.69) is 34.3 Å². The number of nitrogens with zero attached hydrogens (tertiary/aromatic N) is 4. The van der Waals surface area contributed by atoms with Crippen molar-refractivity contribution in [2.45, 2.75) is 17.4 Å². The molecule has 3 heterocycles. The van der Waals surface area contributed by atoms with Crippen molar-refractivity contribution in [2.24, 2.45) is 7.05 Å². The van der Waals surface area contributed by atoms with Crippen molar-refractivity contribution in [1.29, 1.82) is 0 Å². The molecule has 6 heteroatoms. The van der Waals surface area contributed by atoms with Crippen LogP contribution in [0, 0.1) is 0 Å². The van der Waals surface area contributed by atoms with E-state index in [-0.39, 0.29) is 5.56 Å². The number of fused-ring (bicyclic) bond motifs is 2. The number of thioether (sulfide) groups is 1. The van der Waals surface area contributed by atoms with E-state index >= 15 is 0 Å². The first-order valence-corrected chi connectivity index (χ1v) is 7.81. The molecular weight excluding hydrogens is 284 g/mol. The van der Waals surface area contributed by atoms with Gasteiger partial charge in [-0.15, -0.1) is 11.8 Å². The quantitative estimate of drug-likeness (QED) is 0.726. The first-order valence-electron chi connectivity index (χ1n) is 6.83. The Bertz CT molecular complexity index is 883. The Morgan fingerprint density at radius 2 is 2.24 bits per heavy atom. The van der Waals surface area contributed by atoms with Gasteiger partial charge in [-0.1, -0.05) is 18.2 Å². The lowest BCUT2D eigenvalue weighted by Crippen LogP contribution is -2.23. The molecule has 0 radical (unpaired) electrons. The predicted molar refractivity (Wildman–Crippen MR) is 82.7 cm³/mol. The van der Waals surface area contributed by atoms with Gasteiger partial charge in [0, 0.05) is 30.2 Å². The zero-order chi connectivity index (χ0) is 14.4. The van der Waals surface area contributed by atoms with Crippen molar-refractivity contribution >= 4 is 22.8 Å². The molecule has 0 amide bonds. The SMILES string of the molecule is Cn1ncc2c(=O)n(CC3CSc4ccccc43)cnc21. The van der Waals surface area contributed by atoms with Crippen LogP contribution in [0.4, 0.5) is 0 Å².